The zero-order valence-electron chi connectivity index (χ0n) is 12.2. The van der Waals surface area contributed by atoms with Crippen LogP contribution in [0.25, 0.3) is 0 Å². The van der Waals surface area contributed by atoms with Gasteiger partial charge in [-0.25, -0.2) is 4.79 Å². The van der Waals surface area contributed by atoms with E-state index in [9.17, 15) is 14.7 Å². The first-order valence-electron chi connectivity index (χ1n) is 7.15. The highest BCUT2D eigenvalue weighted by molar-refractivity contribution is 5.90. The van der Waals surface area contributed by atoms with E-state index in [0.29, 0.717) is 31.7 Å². The lowest BCUT2D eigenvalue weighted by Gasteiger charge is -2.36. The molecule has 2 atom stereocenters. The molecule has 1 rings (SSSR count). The SMILES string of the molecule is CCCC1(C(=O)O)CCCN1C(=O)C(N)CC(C)C. The smallest absolute Gasteiger partial charge is 0.329 e. The van der Waals surface area contributed by atoms with Crippen molar-refractivity contribution in [2.24, 2.45) is 11.7 Å². The first-order valence-corrected chi connectivity index (χ1v) is 7.15. The van der Waals surface area contributed by atoms with Gasteiger partial charge in [0.25, 0.3) is 0 Å². The highest BCUT2D eigenvalue weighted by atomic mass is 16.4. The Morgan fingerprint density at radius 3 is 2.53 bits per heavy atom. The molecule has 0 aliphatic carbocycles. The molecule has 3 N–H and O–H groups in total. The molecule has 1 fully saturated rings. The van der Waals surface area contributed by atoms with Crippen LogP contribution in [0.5, 0.6) is 0 Å². The van der Waals surface area contributed by atoms with Crippen LogP contribution in [0.4, 0.5) is 0 Å². The van der Waals surface area contributed by atoms with Crippen molar-refractivity contribution in [2.75, 3.05) is 6.54 Å². The van der Waals surface area contributed by atoms with Crippen molar-refractivity contribution >= 4 is 11.9 Å². The summed E-state index contributed by atoms with van der Waals surface area (Å²) < 4.78 is 0. The van der Waals surface area contributed by atoms with Crippen molar-refractivity contribution in [3.05, 3.63) is 0 Å². The van der Waals surface area contributed by atoms with Gasteiger partial charge in [0.05, 0.1) is 6.04 Å². The summed E-state index contributed by atoms with van der Waals surface area (Å²) in [6.45, 7) is 6.47. The van der Waals surface area contributed by atoms with Gasteiger partial charge in [-0.2, -0.15) is 0 Å². The second-order valence-corrected chi connectivity index (χ2v) is 5.92. The fourth-order valence-corrected chi connectivity index (χ4v) is 3.01. The van der Waals surface area contributed by atoms with Gasteiger partial charge in [-0.05, 0) is 31.6 Å². The van der Waals surface area contributed by atoms with E-state index in [1.807, 2.05) is 20.8 Å². The highest BCUT2D eigenvalue weighted by Crippen LogP contribution is 2.34. The van der Waals surface area contributed by atoms with Crippen molar-refractivity contribution in [1.82, 2.24) is 4.90 Å². The zero-order chi connectivity index (χ0) is 14.6. The number of nitrogens with zero attached hydrogens (tertiary/aromatic N) is 1. The summed E-state index contributed by atoms with van der Waals surface area (Å²) in [5.41, 5.74) is 4.90. The summed E-state index contributed by atoms with van der Waals surface area (Å²) in [5.74, 6) is -0.772. The van der Waals surface area contributed by atoms with Crippen LogP contribution in [-0.2, 0) is 9.59 Å². The molecule has 0 saturated carbocycles. The summed E-state index contributed by atoms with van der Waals surface area (Å²) in [7, 11) is 0. The van der Waals surface area contributed by atoms with Crippen molar-refractivity contribution in [2.45, 2.75) is 64.5 Å². The average Bonchev–Trinajstić information content (AvgIpc) is 2.72. The van der Waals surface area contributed by atoms with Crippen molar-refractivity contribution in [3.63, 3.8) is 0 Å². The normalized spacial score (nSPS) is 24.8. The summed E-state index contributed by atoms with van der Waals surface area (Å²) in [5, 5.41) is 9.54. The van der Waals surface area contributed by atoms with Gasteiger partial charge in [-0.1, -0.05) is 27.2 Å². The van der Waals surface area contributed by atoms with E-state index in [1.165, 1.54) is 4.90 Å². The lowest BCUT2D eigenvalue weighted by atomic mass is 9.90. The first-order chi connectivity index (χ1) is 8.85. The summed E-state index contributed by atoms with van der Waals surface area (Å²) in [4.78, 5) is 25.6. The predicted octanol–water partition coefficient (Wildman–Crippen LogP) is 1.61. The predicted molar refractivity (Wildman–Crippen MR) is 73.7 cm³/mol. The number of carbonyl (C=O) groups excluding carboxylic acids is 1. The van der Waals surface area contributed by atoms with Crippen LogP contribution in [0, 0.1) is 5.92 Å². The lowest BCUT2D eigenvalue weighted by Crippen LogP contribution is -2.57. The molecule has 0 radical (unpaired) electrons. The number of nitrogens with two attached hydrogens (primary N) is 1. The number of hydrogen-bond donors (Lipinski definition) is 2. The van der Waals surface area contributed by atoms with Crippen LogP contribution >= 0.6 is 0 Å². The van der Waals surface area contributed by atoms with Crippen LogP contribution < -0.4 is 5.73 Å². The molecule has 2 unspecified atom stereocenters. The third kappa shape index (κ3) is 3.26. The first kappa shape index (κ1) is 16.0. The Balaban J connectivity index is 2.90. The number of carboxylic acid groups (broad SMARTS) is 1. The number of hydrogen-bond acceptors (Lipinski definition) is 3. The topological polar surface area (TPSA) is 83.6 Å². The van der Waals surface area contributed by atoms with E-state index < -0.39 is 17.6 Å². The molecule has 0 aromatic carbocycles. The van der Waals surface area contributed by atoms with Gasteiger partial charge in [0.1, 0.15) is 5.54 Å². The van der Waals surface area contributed by atoms with Gasteiger partial charge in [0, 0.05) is 6.54 Å². The molecule has 19 heavy (non-hydrogen) atoms. The van der Waals surface area contributed by atoms with Gasteiger partial charge in [-0.3, -0.25) is 4.79 Å². The number of amides is 1. The second-order valence-electron chi connectivity index (χ2n) is 5.92. The Morgan fingerprint density at radius 2 is 2.05 bits per heavy atom. The van der Waals surface area contributed by atoms with E-state index in [0.717, 1.165) is 12.8 Å². The molecule has 1 heterocycles. The molecule has 110 valence electrons. The highest BCUT2D eigenvalue weighted by Gasteiger charge is 2.49. The fraction of sp³-hybridized carbons (Fsp3) is 0.857. The maximum absolute atomic E-state index is 12.4. The van der Waals surface area contributed by atoms with E-state index >= 15 is 0 Å². The fourth-order valence-electron chi connectivity index (χ4n) is 3.01. The van der Waals surface area contributed by atoms with Gasteiger partial charge >= 0.3 is 5.97 Å². The Kier molecular flexibility index (Phi) is 5.35. The third-order valence-corrected chi connectivity index (χ3v) is 3.86. The van der Waals surface area contributed by atoms with Crippen LogP contribution in [-0.4, -0.2) is 40.0 Å². The van der Waals surface area contributed by atoms with Crippen molar-refractivity contribution in [1.29, 1.82) is 0 Å². The van der Waals surface area contributed by atoms with Crippen molar-refractivity contribution < 1.29 is 14.7 Å². The van der Waals surface area contributed by atoms with Gasteiger partial charge < -0.3 is 15.7 Å². The molecular weight excluding hydrogens is 244 g/mol. The molecule has 5 nitrogen and oxygen atoms in total. The number of aliphatic carboxylic acids is 1. The minimum Gasteiger partial charge on any atom is -0.479 e. The summed E-state index contributed by atoms with van der Waals surface area (Å²) in [6.07, 6.45) is 3.12. The lowest BCUT2D eigenvalue weighted by molar-refractivity contribution is -0.157. The Labute approximate surface area is 115 Å². The van der Waals surface area contributed by atoms with Gasteiger partial charge in [0.2, 0.25) is 5.91 Å². The quantitative estimate of drug-likeness (QED) is 0.768. The third-order valence-electron chi connectivity index (χ3n) is 3.86. The van der Waals surface area contributed by atoms with Crippen molar-refractivity contribution in [3.8, 4) is 0 Å². The molecule has 1 aliphatic rings. The minimum atomic E-state index is -1.03. The van der Waals surface area contributed by atoms with Gasteiger partial charge in [-0.15, -0.1) is 0 Å². The molecule has 0 aromatic rings. The van der Waals surface area contributed by atoms with Crippen LogP contribution in [0.2, 0.25) is 0 Å². The monoisotopic (exact) mass is 270 g/mol. The number of likely N-dealkylation sites (tertiary alicyclic amines) is 1. The molecule has 1 amide bonds. The molecule has 1 saturated heterocycles. The standard InChI is InChI=1S/C14H26N2O3/c1-4-6-14(13(18)19)7-5-8-16(14)12(17)11(15)9-10(2)3/h10-11H,4-9,15H2,1-3H3,(H,18,19). The molecule has 0 spiro atoms. The Hall–Kier alpha value is -1.10. The number of carboxylic acids is 1. The maximum Gasteiger partial charge on any atom is 0.329 e. The summed E-state index contributed by atoms with van der Waals surface area (Å²) >= 11 is 0. The van der Waals surface area contributed by atoms with Crippen LogP contribution in [0.15, 0.2) is 0 Å². The van der Waals surface area contributed by atoms with E-state index in [1.54, 1.807) is 0 Å². The van der Waals surface area contributed by atoms with Crippen LogP contribution in [0.3, 0.4) is 0 Å². The molecule has 5 heteroatoms. The molecular formula is C14H26N2O3. The average molecular weight is 270 g/mol. The molecule has 0 aromatic heterocycles. The second kappa shape index (κ2) is 6.37. The molecule has 1 aliphatic heterocycles. The maximum atomic E-state index is 12.4. The molecule has 0 bridgehead atoms. The van der Waals surface area contributed by atoms with E-state index in [-0.39, 0.29) is 5.91 Å². The van der Waals surface area contributed by atoms with E-state index in [2.05, 4.69) is 0 Å². The zero-order valence-corrected chi connectivity index (χ0v) is 12.2. The van der Waals surface area contributed by atoms with Gasteiger partial charge in [0.15, 0.2) is 0 Å². The number of carbonyl (C=O) groups is 2. The van der Waals surface area contributed by atoms with Crippen LogP contribution in [0.1, 0.15) is 52.9 Å². The number of rotatable bonds is 6. The largest absolute Gasteiger partial charge is 0.479 e. The Bertz CT molecular complexity index is 344. The minimum absolute atomic E-state index is 0.206. The Morgan fingerprint density at radius 1 is 1.42 bits per heavy atom. The summed E-state index contributed by atoms with van der Waals surface area (Å²) in [6, 6.07) is -0.589. The van der Waals surface area contributed by atoms with E-state index in [4.69, 9.17) is 5.73 Å².